The van der Waals surface area contributed by atoms with E-state index in [1.54, 1.807) is 6.92 Å². The molecule has 1 aliphatic heterocycles. The Morgan fingerprint density at radius 2 is 2.11 bits per heavy atom. The van der Waals surface area contributed by atoms with Gasteiger partial charge in [-0.3, -0.25) is 4.79 Å². The summed E-state index contributed by atoms with van der Waals surface area (Å²) in [6, 6.07) is 3.49. The van der Waals surface area contributed by atoms with Crippen molar-refractivity contribution >= 4 is 49.6 Å². The van der Waals surface area contributed by atoms with Crippen LogP contribution in [0.3, 0.4) is 0 Å². The maximum atomic E-state index is 13.1. The zero-order chi connectivity index (χ0) is 19.6. The number of halogens is 1. The molecule has 0 aromatic heterocycles. The molecule has 1 heterocycles. The van der Waals surface area contributed by atoms with E-state index >= 15 is 0 Å². The van der Waals surface area contributed by atoms with Gasteiger partial charge in [0.1, 0.15) is 6.04 Å². The summed E-state index contributed by atoms with van der Waals surface area (Å²) in [5.41, 5.74) is 0.261. The van der Waals surface area contributed by atoms with Crippen LogP contribution in [0.2, 0.25) is 0 Å². The minimum atomic E-state index is -3.89. The maximum absolute atomic E-state index is 13.1. The normalized spacial score (nSPS) is 20.4. The Labute approximate surface area is 171 Å². The molecule has 1 unspecified atom stereocenters. The molecule has 3 rings (SSSR count). The van der Waals surface area contributed by atoms with E-state index < -0.39 is 22.0 Å². The Morgan fingerprint density at radius 1 is 1.37 bits per heavy atom. The Hall–Kier alpha value is -1.10. The number of carbonyl (C=O) groups is 2. The summed E-state index contributed by atoms with van der Waals surface area (Å²) in [5.74, 6) is 0.396. The number of amides is 1. The van der Waals surface area contributed by atoms with Gasteiger partial charge in [-0.15, -0.1) is 11.8 Å². The summed E-state index contributed by atoms with van der Waals surface area (Å²) in [4.78, 5) is 24.3. The number of hydrogen-bond acceptors (Lipinski definition) is 6. The lowest BCUT2D eigenvalue weighted by Gasteiger charge is -2.23. The molecule has 7 nitrogen and oxygen atoms in total. The molecule has 2 fully saturated rings. The SMILES string of the molecule is CCOC(=O)c1ccc(S(=O)(=O)N2CSCC2C(=O)NCC2CC2)c(Br)c1. The molecule has 27 heavy (non-hydrogen) atoms. The molecule has 1 amide bonds. The quantitative estimate of drug-likeness (QED) is 0.606. The predicted octanol–water partition coefficient (Wildman–Crippen LogP) is 2.22. The number of hydrogen-bond donors (Lipinski definition) is 1. The molecule has 0 radical (unpaired) electrons. The first kappa shape index (κ1) is 20.6. The summed E-state index contributed by atoms with van der Waals surface area (Å²) in [6.07, 6.45) is 2.23. The molecule has 0 bridgehead atoms. The van der Waals surface area contributed by atoms with E-state index in [4.69, 9.17) is 4.74 Å². The zero-order valence-electron chi connectivity index (χ0n) is 14.8. The van der Waals surface area contributed by atoms with Crippen molar-refractivity contribution in [2.45, 2.75) is 30.7 Å². The van der Waals surface area contributed by atoms with Gasteiger partial charge in [-0.05, 0) is 59.8 Å². The summed E-state index contributed by atoms with van der Waals surface area (Å²) in [7, 11) is -3.89. The summed E-state index contributed by atoms with van der Waals surface area (Å²) in [6.45, 7) is 2.54. The minimum Gasteiger partial charge on any atom is -0.462 e. The highest BCUT2D eigenvalue weighted by molar-refractivity contribution is 9.10. The predicted molar refractivity (Wildman–Crippen MR) is 106 cm³/mol. The van der Waals surface area contributed by atoms with E-state index in [0.717, 1.165) is 12.8 Å². The number of thioether (sulfide) groups is 1. The number of benzene rings is 1. The van der Waals surface area contributed by atoms with Crippen LogP contribution in [-0.2, 0) is 19.6 Å². The Morgan fingerprint density at radius 3 is 2.74 bits per heavy atom. The summed E-state index contributed by atoms with van der Waals surface area (Å²) in [5, 5.41) is 2.86. The molecule has 1 atom stereocenters. The van der Waals surface area contributed by atoms with Crippen LogP contribution in [0.15, 0.2) is 27.6 Å². The second-order valence-electron chi connectivity index (χ2n) is 6.46. The Balaban J connectivity index is 1.79. The van der Waals surface area contributed by atoms with Crippen molar-refractivity contribution in [3.8, 4) is 0 Å². The van der Waals surface area contributed by atoms with Crippen molar-refractivity contribution in [1.82, 2.24) is 9.62 Å². The molecule has 1 saturated carbocycles. The lowest BCUT2D eigenvalue weighted by atomic mass is 10.2. The molecule has 1 aliphatic carbocycles. The lowest BCUT2D eigenvalue weighted by Crippen LogP contribution is -2.47. The molecular weight excluding hydrogens is 456 g/mol. The third-order valence-corrected chi connectivity index (χ3v) is 8.44. The number of esters is 1. The van der Waals surface area contributed by atoms with Gasteiger partial charge in [0.15, 0.2) is 0 Å². The molecule has 1 aromatic carbocycles. The fourth-order valence-corrected chi connectivity index (χ4v) is 6.92. The topological polar surface area (TPSA) is 92.8 Å². The molecule has 0 spiro atoms. The average Bonchev–Trinajstić information content (AvgIpc) is 3.32. The van der Waals surface area contributed by atoms with Crippen molar-refractivity contribution in [3.05, 3.63) is 28.2 Å². The van der Waals surface area contributed by atoms with Gasteiger partial charge in [0, 0.05) is 16.8 Å². The van der Waals surface area contributed by atoms with Crippen LogP contribution in [-0.4, -0.2) is 55.4 Å². The monoisotopic (exact) mass is 476 g/mol. The highest BCUT2D eigenvalue weighted by Crippen LogP contribution is 2.33. The number of carbonyl (C=O) groups excluding carboxylic acids is 2. The zero-order valence-corrected chi connectivity index (χ0v) is 18.0. The van der Waals surface area contributed by atoms with Crippen LogP contribution >= 0.6 is 27.7 Å². The van der Waals surface area contributed by atoms with Crippen LogP contribution in [0, 0.1) is 5.92 Å². The maximum Gasteiger partial charge on any atom is 0.338 e. The number of sulfonamides is 1. The van der Waals surface area contributed by atoms with E-state index in [2.05, 4.69) is 21.2 Å². The molecule has 1 saturated heterocycles. The first-order valence-corrected chi connectivity index (χ1v) is 12.1. The van der Waals surface area contributed by atoms with E-state index in [-0.39, 0.29) is 33.3 Å². The van der Waals surface area contributed by atoms with Crippen LogP contribution in [0.5, 0.6) is 0 Å². The average molecular weight is 477 g/mol. The molecule has 2 aliphatic rings. The van der Waals surface area contributed by atoms with Gasteiger partial charge >= 0.3 is 5.97 Å². The molecule has 1 aromatic rings. The van der Waals surface area contributed by atoms with E-state index in [0.29, 0.717) is 18.2 Å². The van der Waals surface area contributed by atoms with E-state index in [1.165, 1.54) is 34.3 Å². The van der Waals surface area contributed by atoms with Gasteiger partial charge in [0.2, 0.25) is 15.9 Å². The first-order chi connectivity index (χ1) is 12.8. The third kappa shape index (κ3) is 4.67. The highest BCUT2D eigenvalue weighted by Gasteiger charge is 2.41. The Bertz CT molecular complexity index is 842. The van der Waals surface area contributed by atoms with Crippen molar-refractivity contribution in [3.63, 3.8) is 0 Å². The van der Waals surface area contributed by atoms with Gasteiger partial charge in [-0.1, -0.05) is 0 Å². The highest BCUT2D eigenvalue weighted by atomic mass is 79.9. The second kappa shape index (κ2) is 8.50. The smallest absolute Gasteiger partial charge is 0.338 e. The van der Waals surface area contributed by atoms with Crippen LogP contribution < -0.4 is 5.32 Å². The minimum absolute atomic E-state index is 0.0260. The standard InChI is InChI=1S/C17H21BrN2O5S2/c1-2-25-17(22)12-5-6-15(13(18)7-12)27(23,24)20-10-26-9-14(20)16(21)19-8-11-3-4-11/h5-7,11,14H,2-4,8-10H2,1H3,(H,19,21). The van der Waals surface area contributed by atoms with E-state index in [9.17, 15) is 18.0 Å². The van der Waals surface area contributed by atoms with Gasteiger partial charge in [-0.25, -0.2) is 13.2 Å². The van der Waals surface area contributed by atoms with Gasteiger partial charge in [0.05, 0.1) is 22.9 Å². The molecule has 1 N–H and O–H groups in total. The fraction of sp³-hybridized carbons (Fsp3) is 0.529. The largest absolute Gasteiger partial charge is 0.462 e. The van der Waals surface area contributed by atoms with Crippen molar-refractivity contribution in [1.29, 1.82) is 0 Å². The lowest BCUT2D eigenvalue weighted by molar-refractivity contribution is -0.123. The number of rotatable bonds is 7. The first-order valence-electron chi connectivity index (χ1n) is 8.68. The number of ether oxygens (including phenoxy) is 1. The van der Waals surface area contributed by atoms with E-state index in [1.807, 2.05) is 0 Å². The van der Waals surface area contributed by atoms with Crippen LogP contribution in [0.25, 0.3) is 0 Å². The second-order valence-corrected chi connectivity index (χ2v) is 10.2. The van der Waals surface area contributed by atoms with Crippen LogP contribution in [0.4, 0.5) is 0 Å². The van der Waals surface area contributed by atoms with Crippen LogP contribution in [0.1, 0.15) is 30.1 Å². The van der Waals surface area contributed by atoms with Crippen molar-refractivity contribution < 1.29 is 22.7 Å². The fourth-order valence-electron chi connectivity index (χ4n) is 2.73. The number of nitrogens with zero attached hydrogens (tertiary/aromatic N) is 1. The Kier molecular flexibility index (Phi) is 6.50. The summed E-state index contributed by atoms with van der Waals surface area (Å²) >= 11 is 4.65. The summed E-state index contributed by atoms with van der Waals surface area (Å²) < 4.78 is 32.7. The number of nitrogens with one attached hydrogen (secondary N) is 1. The van der Waals surface area contributed by atoms with Gasteiger partial charge < -0.3 is 10.1 Å². The van der Waals surface area contributed by atoms with Crippen molar-refractivity contribution in [2.24, 2.45) is 5.92 Å². The third-order valence-electron chi connectivity index (χ3n) is 4.44. The van der Waals surface area contributed by atoms with Crippen molar-refractivity contribution in [2.75, 3.05) is 24.8 Å². The van der Waals surface area contributed by atoms with Gasteiger partial charge in [0.25, 0.3) is 0 Å². The molecular formula is C17H21BrN2O5S2. The molecule has 10 heteroatoms. The molecule has 148 valence electrons. The van der Waals surface area contributed by atoms with Gasteiger partial charge in [-0.2, -0.15) is 4.31 Å².